The number of non-ortho nitro benzene ring substituents is 1. The number of hydrogen-bond donors (Lipinski definition) is 0. The van der Waals surface area contributed by atoms with Crippen LogP contribution in [0.15, 0.2) is 30.3 Å². The first-order valence-corrected chi connectivity index (χ1v) is 6.74. The molecule has 0 fully saturated rings. The van der Waals surface area contributed by atoms with Crippen molar-refractivity contribution >= 4 is 40.5 Å². The van der Waals surface area contributed by atoms with Gasteiger partial charge in [0.05, 0.1) is 20.5 Å². The summed E-state index contributed by atoms with van der Waals surface area (Å²) in [6, 6.07) is 4.71. The molecular weight excluding hydrogens is 366 g/mol. The molecule has 0 aliphatic carbocycles. The van der Waals surface area contributed by atoms with E-state index in [4.69, 9.17) is 34.8 Å². The van der Waals surface area contributed by atoms with Gasteiger partial charge in [0.2, 0.25) is 0 Å². The Labute approximate surface area is 137 Å². The summed E-state index contributed by atoms with van der Waals surface area (Å²) >= 11 is 17.5. The van der Waals surface area contributed by atoms with Crippen molar-refractivity contribution in [3.63, 3.8) is 0 Å². The Kier molecular flexibility index (Phi) is 4.56. The highest BCUT2D eigenvalue weighted by molar-refractivity contribution is 6.44. The van der Waals surface area contributed by atoms with Crippen molar-refractivity contribution < 1.29 is 18.1 Å². The quantitative estimate of drug-likeness (QED) is 0.357. The van der Waals surface area contributed by atoms with Gasteiger partial charge >= 0.3 is 6.18 Å². The zero-order valence-electron chi connectivity index (χ0n) is 10.4. The lowest BCUT2D eigenvalue weighted by Crippen LogP contribution is -2.06. The van der Waals surface area contributed by atoms with E-state index in [0.29, 0.717) is 6.07 Å². The van der Waals surface area contributed by atoms with Crippen LogP contribution in [0.25, 0.3) is 11.1 Å². The average Bonchev–Trinajstić information content (AvgIpc) is 2.41. The van der Waals surface area contributed by atoms with Gasteiger partial charge in [-0.2, -0.15) is 13.2 Å². The molecule has 0 heterocycles. The third kappa shape index (κ3) is 3.45. The predicted molar refractivity (Wildman–Crippen MR) is 78.6 cm³/mol. The molecular formula is C13H5Cl3F3NO2. The fraction of sp³-hybridized carbons (Fsp3) is 0.0769. The van der Waals surface area contributed by atoms with E-state index < -0.39 is 22.4 Å². The average molecular weight is 371 g/mol. The highest BCUT2D eigenvalue weighted by Gasteiger charge is 2.33. The Hall–Kier alpha value is -1.50. The van der Waals surface area contributed by atoms with Crippen molar-refractivity contribution in [2.45, 2.75) is 6.18 Å². The van der Waals surface area contributed by atoms with Crippen LogP contribution >= 0.6 is 34.8 Å². The van der Waals surface area contributed by atoms with Crippen LogP contribution in [-0.2, 0) is 6.18 Å². The summed E-state index contributed by atoms with van der Waals surface area (Å²) in [5.41, 5.74) is -1.82. The number of nitro groups is 1. The standard InChI is InChI=1S/C13H5Cl3F3NO2/c14-10-5-12(16)11(15)4-9(10)6-1-7(13(17,18)19)3-8(2-6)20(21)22/h1-5H. The van der Waals surface area contributed by atoms with Gasteiger partial charge in [-0.05, 0) is 23.8 Å². The lowest BCUT2D eigenvalue weighted by Gasteiger charge is -2.11. The van der Waals surface area contributed by atoms with Gasteiger partial charge < -0.3 is 0 Å². The van der Waals surface area contributed by atoms with Gasteiger partial charge in [-0.1, -0.05) is 34.8 Å². The predicted octanol–water partition coefficient (Wildman–Crippen LogP) is 6.24. The molecule has 0 radical (unpaired) electrons. The summed E-state index contributed by atoms with van der Waals surface area (Å²) in [5.74, 6) is 0. The number of halogens is 6. The van der Waals surface area contributed by atoms with E-state index in [1.165, 1.54) is 12.1 Å². The van der Waals surface area contributed by atoms with E-state index in [-0.39, 0.29) is 26.2 Å². The first-order chi connectivity index (χ1) is 10.1. The third-order valence-electron chi connectivity index (χ3n) is 2.78. The van der Waals surface area contributed by atoms with Crippen molar-refractivity contribution in [2.75, 3.05) is 0 Å². The van der Waals surface area contributed by atoms with Crippen LogP contribution in [0, 0.1) is 10.1 Å². The number of benzene rings is 2. The molecule has 22 heavy (non-hydrogen) atoms. The van der Waals surface area contributed by atoms with Crippen molar-refractivity contribution in [3.8, 4) is 11.1 Å². The normalized spacial score (nSPS) is 11.5. The van der Waals surface area contributed by atoms with Crippen molar-refractivity contribution in [1.29, 1.82) is 0 Å². The van der Waals surface area contributed by atoms with Gasteiger partial charge in [-0.25, -0.2) is 0 Å². The molecule has 0 spiro atoms. The second-order valence-corrected chi connectivity index (χ2v) is 5.49. The lowest BCUT2D eigenvalue weighted by molar-refractivity contribution is -0.385. The molecule has 0 amide bonds. The van der Waals surface area contributed by atoms with E-state index in [9.17, 15) is 23.3 Å². The molecule has 0 saturated heterocycles. The zero-order chi connectivity index (χ0) is 16.7. The van der Waals surface area contributed by atoms with E-state index in [1.807, 2.05) is 0 Å². The first kappa shape index (κ1) is 16.9. The number of alkyl halides is 3. The number of rotatable bonds is 2. The maximum absolute atomic E-state index is 12.9. The smallest absolute Gasteiger partial charge is 0.258 e. The Balaban J connectivity index is 2.72. The van der Waals surface area contributed by atoms with Gasteiger partial charge in [0, 0.05) is 22.7 Å². The Morgan fingerprint density at radius 3 is 2.05 bits per heavy atom. The molecule has 0 aliphatic rings. The molecule has 0 N–H and O–H groups in total. The maximum Gasteiger partial charge on any atom is 0.416 e. The fourth-order valence-electron chi connectivity index (χ4n) is 1.78. The van der Waals surface area contributed by atoms with Crippen LogP contribution in [0.1, 0.15) is 5.56 Å². The van der Waals surface area contributed by atoms with Gasteiger partial charge in [0.15, 0.2) is 0 Å². The summed E-state index contributed by atoms with van der Waals surface area (Å²) in [5, 5.41) is 11.1. The molecule has 2 aromatic rings. The molecule has 0 aromatic heterocycles. The van der Waals surface area contributed by atoms with Gasteiger partial charge in [0.25, 0.3) is 5.69 Å². The summed E-state index contributed by atoms with van der Waals surface area (Å²) in [6.45, 7) is 0. The highest BCUT2D eigenvalue weighted by Crippen LogP contribution is 2.39. The van der Waals surface area contributed by atoms with E-state index in [0.717, 1.165) is 12.1 Å². The Morgan fingerprint density at radius 1 is 0.909 bits per heavy atom. The highest BCUT2D eigenvalue weighted by atomic mass is 35.5. The second kappa shape index (κ2) is 5.95. The minimum absolute atomic E-state index is 0.0306. The van der Waals surface area contributed by atoms with Crippen molar-refractivity contribution in [1.82, 2.24) is 0 Å². The molecule has 9 heteroatoms. The second-order valence-electron chi connectivity index (χ2n) is 4.27. The summed E-state index contributed by atoms with van der Waals surface area (Å²) in [4.78, 5) is 9.92. The molecule has 2 rings (SSSR count). The topological polar surface area (TPSA) is 43.1 Å². The molecule has 3 nitrogen and oxygen atoms in total. The number of hydrogen-bond acceptors (Lipinski definition) is 2. The van der Waals surface area contributed by atoms with E-state index in [1.54, 1.807) is 0 Å². The molecule has 116 valence electrons. The molecule has 0 saturated carbocycles. The minimum Gasteiger partial charge on any atom is -0.258 e. The Bertz CT molecular complexity index is 763. The molecule has 2 aromatic carbocycles. The fourth-order valence-corrected chi connectivity index (χ4v) is 2.44. The van der Waals surface area contributed by atoms with Gasteiger partial charge in [-0.3, -0.25) is 10.1 Å². The molecule has 0 aliphatic heterocycles. The SMILES string of the molecule is O=[N+]([O-])c1cc(-c2cc(Cl)c(Cl)cc2Cl)cc(C(F)(F)F)c1. The maximum atomic E-state index is 12.9. The Morgan fingerprint density at radius 2 is 1.50 bits per heavy atom. The summed E-state index contributed by atoms with van der Waals surface area (Å²) in [6.07, 6.45) is -4.73. The third-order valence-corrected chi connectivity index (χ3v) is 3.81. The van der Waals surface area contributed by atoms with E-state index >= 15 is 0 Å². The van der Waals surface area contributed by atoms with Crippen LogP contribution < -0.4 is 0 Å². The van der Waals surface area contributed by atoms with Crippen LogP contribution in [0.5, 0.6) is 0 Å². The number of nitrogens with zero attached hydrogens (tertiary/aromatic N) is 1. The summed E-state index contributed by atoms with van der Waals surface area (Å²) < 4.78 is 38.6. The first-order valence-electron chi connectivity index (χ1n) is 5.61. The minimum atomic E-state index is -4.73. The van der Waals surface area contributed by atoms with E-state index in [2.05, 4.69) is 0 Å². The monoisotopic (exact) mass is 369 g/mol. The van der Waals surface area contributed by atoms with Crippen LogP contribution in [-0.4, -0.2) is 4.92 Å². The molecule has 0 bridgehead atoms. The lowest BCUT2D eigenvalue weighted by atomic mass is 10.0. The van der Waals surface area contributed by atoms with Gasteiger partial charge in [-0.15, -0.1) is 0 Å². The van der Waals surface area contributed by atoms with Crippen molar-refractivity contribution in [2.24, 2.45) is 0 Å². The van der Waals surface area contributed by atoms with Crippen LogP contribution in [0.4, 0.5) is 18.9 Å². The molecule has 0 unspecified atom stereocenters. The van der Waals surface area contributed by atoms with Gasteiger partial charge in [0.1, 0.15) is 0 Å². The van der Waals surface area contributed by atoms with Crippen LogP contribution in [0.2, 0.25) is 15.1 Å². The van der Waals surface area contributed by atoms with Crippen LogP contribution in [0.3, 0.4) is 0 Å². The summed E-state index contributed by atoms with van der Waals surface area (Å²) in [7, 11) is 0. The largest absolute Gasteiger partial charge is 0.416 e. The zero-order valence-corrected chi connectivity index (χ0v) is 12.7. The number of nitro benzene ring substituents is 1. The molecule has 0 atom stereocenters. The van der Waals surface area contributed by atoms with Crippen molar-refractivity contribution in [3.05, 3.63) is 61.1 Å².